The van der Waals surface area contributed by atoms with E-state index < -0.39 is 5.92 Å². The number of ether oxygens (including phenoxy) is 2. The first-order valence-electron chi connectivity index (χ1n) is 47.8. The molecule has 0 aromatic carbocycles. The quantitative estimate of drug-likeness (QED) is 0.119. The Morgan fingerprint density at radius 2 is 0.679 bits per heavy atom. The van der Waals surface area contributed by atoms with E-state index in [9.17, 15) is 8.78 Å². The zero-order chi connectivity index (χ0) is 84.1. The molecule has 672 valence electrons. The van der Waals surface area contributed by atoms with Crippen molar-refractivity contribution in [3.05, 3.63) is 0 Å². The van der Waals surface area contributed by atoms with E-state index in [1.807, 2.05) is 0 Å². The van der Waals surface area contributed by atoms with Gasteiger partial charge in [-0.2, -0.15) is 0 Å². The Kier molecular flexibility index (Phi) is 63.5. The van der Waals surface area contributed by atoms with Crippen molar-refractivity contribution in [2.24, 2.45) is 53.3 Å². The Hall–Kier alpha value is -0.740. The van der Waals surface area contributed by atoms with E-state index in [-0.39, 0.29) is 12.8 Å². The van der Waals surface area contributed by atoms with Gasteiger partial charge in [-0.25, -0.2) is 8.78 Å². The molecule has 0 spiro atoms. The van der Waals surface area contributed by atoms with E-state index in [0.29, 0.717) is 43.4 Å². The summed E-state index contributed by atoms with van der Waals surface area (Å²) in [6.07, 6.45) is 24.8. The largest absolute Gasteiger partial charge is 0.377 e. The van der Waals surface area contributed by atoms with Crippen LogP contribution in [0.2, 0.25) is 0 Å². The highest BCUT2D eigenvalue weighted by molar-refractivity contribution is 4.81. The minimum atomic E-state index is -2.40. The number of nitrogens with one attached hydrogen (secondary N) is 1. The number of nitrogens with zero attached hydrogens (tertiary/aromatic N) is 12. The van der Waals surface area contributed by atoms with Crippen LogP contribution in [0.25, 0.3) is 0 Å². The zero-order valence-corrected chi connectivity index (χ0v) is 80.5. The van der Waals surface area contributed by atoms with Crippen molar-refractivity contribution >= 4 is 0 Å². The Morgan fingerprint density at radius 1 is 0.339 bits per heavy atom. The highest BCUT2D eigenvalue weighted by Gasteiger charge is 2.34. The van der Waals surface area contributed by atoms with Crippen LogP contribution in [-0.2, 0) is 9.47 Å². The Labute approximate surface area is 699 Å². The number of rotatable bonds is 21. The smallest absolute Gasteiger partial charge is 0.250 e. The first-order chi connectivity index (χ1) is 52.8. The van der Waals surface area contributed by atoms with Crippen LogP contribution >= 0.6 is 0 Å². The molecule has 11 fully saturated rings. The van der Waals surface area contributed by atoms with Crippen LogP contribution in [0.3, 0.4) is 0 Å². The molecule has 0 aliphatic carbocycles. The molecule has 0 aromatic rings. The van der Waals surface area contributed by atoms with Gasteiger partial charge in [-0.05, 0) is 331 Å². The Balaban J connectivity index is 0.000000617. The molecule has 112 heavy (non-hydrogen) atoms. The number of hydrogen-bond acceptors (Lipinski definition) is 15. The summed E-state index contributed by atoms with van der Waals surface area (Å²) in [7, 11) is 8.78. The van der Waals surface area contributed by atoms with Crippen LogP contribution in [0.5, 0.6) is 0 Å². The molecule has 0 radical (unpaired) electrons. The third kappa shape index (κ3) is 61.5. The monoisotopic (exact) mass is 1590 g/mol. The second-order valence-corrected chi connectivity index (χ2v) is 40.5. The standard InChI is InChI=1S/C10H21N.C9H17F2N.C9H20N2.2C9H19NO.2C9H19N.C8H18N2.2C8H17N.C7H15N/c1-9(2)8-11-6-4-10(3)5-7-11;1-8(2)7-12-5-3-9(10,11)4-6-12;1-8(2)10-9-4-6-11(3)7-5-9;1-8(2)11-9-4-6-10(3)7-5-9;1-9(2)11-8-7-10-5-3-4-6-10;1-8(2)9-4-6-10(3)7-5-9;1-9(2)8-10-6-4-3-5-7-10;1-8(2)10-6-4-9(3)5-7-10;1-7(2)4-9-5-8(3)6-9;1-8(2)7-9-5-3-4-6-9;1-7(2)8-5-3-4-6-8/h9-10H,4-8H2,1-3H3;8H,3-7H2,1-2H3;8-10H,4-7H2,1-3H3;8-9H,4-7H2,1-3H3;9H,3-8H2,1-2H3;8-9H,4-7H2,1-3H3;9H,3-8H2,1-2H3;8H,4-7H2,1-3H3;7-8H,4-6H2,1-3H3;8H,3-7H2,1-2H3;7H,3-6H2,1-2H3. The topological polar surface area (TPSA) is 69.4 Å². The van der Waals surface area contributed by atoms with Crippen LogP contribution in [0.4, 0.5) is 8.78 Å². The molecule has 0 bridgehead atoms. The maximum absolute atomic E-state index is 12.7. The van der Waals surface area contributed by atoms with Crippen molar-refractivity contribution in [2.75, 3.05) is 231 Å². The summed E-state index contributed by atoms with van der Waals surface area (Å²) in [5.41, 5.74) is 0. The van der Waals surface area contributed by atoms with Crippen LogP contribution in [0.15, 0.2) is 0 Å². The van der Waals surface area contributed by atoms with Gasteiger partial charge >= 0.3 is 0 Å². The average Bonchev–Trinajstić information content (AvgIpc) is 1.22. The fraction of sp³-hybridized carbons (Fsp3) is 1.00. The molecule has 11 rings (SSSR count). The van der Waals surface area contributed by atoms with E-state index in [0.717, 1.165) is 85.2 Å². The van der Waals surface area contributed by atoms with E-state index in [1.165, 1.54) is 279 Å². The predicted octanol–water partition coefficient (Wildman–Crippen LogP) is 18.4. The van der Waals surface area contributed by atoms with Crippen molar-refractivity contribution in [2.45, 2.75) is 337 Å². The van der Waals surface area contributed by atoms with Gasteiger partial charge in [0.15, 0.2) is 0 Å². The van der Waals surface area contributed by atoms with Crippen molar-refractivity contribution < 1.29 is 18.3 Å². The van der Waals surface area contributed by atoms with Gasteiger partial charge in [0.1, 0.15) is 0 Å². The maximum Gasteiger partial charge on any atom is 0.250 e. The predicted molar refractivity (Wildman–Crippen MR) is 489 cm³/mol. The lowest BCUT2D eigenvalue weighted by Crippen LogP contribution is -2.47. The summed E-state index contributed by atoms with van der Waals surface area (Å²) in [6, 6.07) is 2.92. The lowest BCUT2D eigenvalue weighted by Gasteiger charge is -2.38. The summed E-state index contributed by atoms with van der Waals surface area (Å²) >= 11 is 0. The molecule has 1 N–H and O–H groups in total. The number of likely N-dealkylation sites (N-methyl/N-ethyl adjacent to an activating group) is 1. The molecule has 17 heteroatoms. The first-order valence-corrected chi connectivity index (χ1v) is 47.8. The van der Waals surface area contributed by atoms with Gasteiger partial charge in [0.05, 0.1) is 24.9 Å². The first kappa shape index (κ1) is 109. The molecule has 0 saturated carbocycles. The molecule has 0 amide bonds. The normalized spacial score (nSPS) is 22.8. The second kappa shape index (κ2) is 65.0. The lowest BCUT2D eigenvalue weighted by atomic mass is 9.87. The number of alkyl halides is 2. The minimum Gasteiger partial charge on any atom is -0.377 e. The molecule has 0 atom stereocenters. The second-order valence-electron chi connectivity index (χ2n) is 40.5. The van der Waals surface area contributed by atoms with Gasteiger partial charge < -0.3 is 68.7 Å². The summed E-state index contributed by atoms with van der Waals surface area (Å²) in [6.45, 7) is 91.6. The van der Waals surface area contributed by atoms with Gasteiger partial charge in [0.25, 0.3) is 5.92 Å². The van der Waals surface area contributed by atoms with Crippen LogP contribution < -0.4 is 5.32 Å². The van der Waals surface area contributed by atoms with Crippen molar-refractivity contribution in [3.63, 3.8) is 0 Å². The van der Waals surface area contributed by atoms with E-state index in [1.54, 1.807) is 0 Å². The van der Waals surface area contributed by atoms with Gasteiger partial charge in [0.2, 0.25) is 0 Å². The fourth-order valence-corrected chi connectivity index (χ4v) is 16.8. The van der Waals surface area contributed by atoms with Crippen molar-refractivity contribution in [3.8, 4) is 0 Å². The van der Waals surface area contributed by atoms with E-state index >= 15 is 0 Å². The third-order valence-electron chi connectivity index (χ3n) is 23.7. The molecule has 11 aliphatic heterocycles. The van der Waals surface area contributed by atoms with Gasteiger partial charge in [-0.15, -0.1) is 0 Å². The number of hydrogen-bond donors (Lipinski definition) is 1. The van der Waals surface area contributed by atoms with E-state index in [2.05, 4.69) is 258 Å². The number of piperazine rings is 1. The molecule has 11 heterocycles. The number of likely N-dealkylation sites (tertiary alicyclic amines) is 10. The molecular formula is C95H201F2N13O2. The van der Waals surface area contributed by atoms with Gasteiger partial charge in [0, 0.05) is 142 Å². The lowest BCUT2D eigenvalue weighted by molar-refractivity contribution is -0.0567. The zero-order valence-electron chi connectivity index (χ0n) is 80.5. The highest BCUT2D eigenvalue weighted by atomic mass is 19.3. The van der Waals surface area contributed by atoms with E-state index in [4.69, 9.17) is 9.47 Å². The maximum atomic E-state index is 12.7. The fourth-order valence-electron chi connectivity index (χ4n) is 16.8. The summed E-state index contributed by atoms with van der Waals surface area (Å²) < 4.78 is 36.6. The van der Waals surface area contributed by atoms with Gasteiger partial charge in [-0.1, -0.05) is 117 Å². The molecule has 11 saturated heterocycles. The Bertz CT molecular complexity index is 1940. The number of halogens is 2. The summed E-state index contributed by atoms with van der Waals surface area (Å²) in [4.78, 5) is 29.5. The molecule has 11 aliphatic rings. The summed E-state index contributed by atoms with van der Waals surface area (Å²) in [5, 5.41) is 3.58. The molecule has 0 aromatic heterocycles. The Morgan fingerprint density at radius 3 is 1.04 bits per heavy atom. The van der Waals surface area contributed by atoms with Gasteiger partial charge in [-0.3, -0.25) is 4.90 Å². The number of piperidine rings is 6. The van der Waals surface area contributed by atoms with Crippen LogP contribution in [0.1, 0.15) is 288 Å². The molecular weight excluding hydrogens is 1390 g/mol. The average molecular weight is 1600 g/mol. The third-order valence-corrected chi connectivity index (χ3v) is 23.7. The van der Waals surface area contributed by atoms with Crippen LogP contribution in [-0.4, -0.2) is 338 Å². The molecule has 0 unspecified atom stereocenters. The van der Waals surface area contributed by atoms with Crippen molar-refractivity contribution in [1.82, 2.24) is 64.1 Å². The molecule has 15 nitrogen and oxygen atoms in total. The van der Waals surface area contributed by atoms with Crippen molar-refractivity contribution in [1.29, 1.82) is 0 Å². The van der Waals surface area contributed by atoms with Crippen LogP contribution in [0, 0.1) is 53.3 Å². The SMILES string of the molecule is CC(C)C1CCN(C)CC1.CC(C)CN1CC(C)C1.CC(C)CN1CCC(C)CC1.CC(C)CN1CCC(F)(F)CC1.CC(C)CN1CCCC1.CC(C)CN1CCCCC1.CC(C)N1CCCC1.CC(C)N1CCN(C)CC1.CC(C)NC1CCN(C)CC1.CC(C)OC1CCN(C)CC1.CC(C)OCCN1CCCC1. The summed E-state index contributed by atoms with van der Waals surface area (Å²) in [5.74, 6) is 5.39. The minimum absolute atomic E-state index is 0.0414. The highest BCUT2D eigenvalue weighted by Crippen LogP contribution is 2.28.